The van der Waals surface area contributed by atoms with E-state index in [1.165, 1.54) is 0 Å². The summed E-state index contributed by atoms with van der Waals surface area (Å²) in [5, 5.41) is 17.9. The van der Waals surface area contributed by atoms with Crippen LogP contribution < -0.4 is 0 Å². The first kappa shape index (κ1) is 9.69. The van der Waals surface area contributed by atoms with Crippen LogP contribution in [0.1, 0.15) is 0 Å². The fraction of sp³-hybridized carbons (Fsp3) is 0.429. The Morgan fingerprint density at radius 1 is 1.08 bits per heavy atom. The molecule has 1 aliphatic rings. The molecule has 0 aliphatic carbocycles. The van der Waals surface area contributed by atoms with E-state index in [-0.39, 0.29) is 0 Å². The molecule has 2 atom stereocenters. The topological polar surface area (TPSA) is 93.1 Å². The number of carbonyl (C=O) groups is 2. The summed E-state index contributed by atoms with van der Waals surface area (Å²) in [6.45, 7) is -0.604. The first-order valence-electron chi connectivity index (χ1n) is 3.49. The molecule has 1 rings (SSSR count). The summed E-state index contributed by atoms with van der Waals surface area (Å²) < 4.78 is 8.60. The lowest BCUT2D eigenvalue weighted by molar-refractivity contribution is -0.174. The van der Waals surface area contributed by atoms with Gasteiger partial charge in [0.25, 0.3) is 0 Å². The van der Waals surface area contributed by atoms with Crippen molar-refractivity contribution in [1.82, 2.24) is 0 Å². The zero-order valence-electron chi connectivity index (χ0n) is 6.54. The second kappa shape index (κ2) is 4.01. The quantitative estimate of drug-likeness (QED) is 0.348. The van der Waals surface area contributed by atoms with Gasteiger partial charge in [-0.25, -0.2) is 9.59 Å². The molecule has 0 spiro atoms. The van der Waals surface area contributed by atoms with Gasteiger partial charge in [0.15, 0.2) is 12.2 Å². The van der Waals surface area contributed by atoms with Crippen molar-refractivity contribution in [2.45, 2.75) is 12.2 Å². The highest BCUT2D eigenvalue weighted by Crippen LogP contribution is 2.00. The Kier molecular flexibility index (Phi) is 2.99. The molecule has 0 saturated carbocycles. The van der Waals surface area contributed by atoms with E-state index in [4.69, 9.17) is 10.2 Å². The molecular formula is C7H8O6. The van der Waals surface area contributed by atoms with Gasteiger partial charge in [-0.05, 0) is 12.2 Å². The lowest BCUT2D eigenvalue weighted by Crippen LogP contribution is -2.22. The third-order valence-corrected chi connectivity index (χ3v) is 1.36. The Hall–Kier alpha value is -1.40. The molecule has 0 aromatic heterocycles. The summed E-state index contributed by atoms with van der Waals surface area (Å²) in [5.74, 6) is -1.86. The van der Waals surface area contributed by atoms with Gasteiger partial charge in [0.1, 0.15) is 0 Å². The molecule has 0 radical (unpaired) electrons. The number of carbonyl (C=O) groups excluding carboxylic acids is 2. The molecule has 1 aliphatic heterocycles. The first-order chi connectivity index (χ1) is 6.11. The van der Waals surface area contributed by atoms with Gasteiger partial charge in [0.05, 0.1) is 0 Å². The Balaban J connectivity index is 2.72. The highest BCUT2D eigenvalue weighted by molar-refractivity contribution is 5.80. The number of cyclic esters (lactones) is 2. The van der Waals surface area contributed by atoms with Crippen LogP contribution in [0.25, 0.3) is 0 Å². The zero-order chi connectivity index (χ0) is 9.84. The number of aliphatic hydroxyl groups is 2. The normalized spacial score (nSPS) is 32.2. The van der Waals surface area contributed by atoms with E-state index in [0.29, 0.717) is 0 Å². The van der Waals surface area contributed by atoms with E-state index in [1.807, 2.05) is 0 Å². The minimum absolute atomic E-state index is 0.604. The number of ether oxygens (including phenoxy) is 2. The Bertz CT molecular complexity index is 221. The van der Waals surface area contributed by atoms with Crippen LogP contribution in [-0.4, -0.2) is 41.2 Å². The summed E-state index contributed by atoms with van der Waals surface area (Å²) in [6.07, 6.45) is -1.05. The van der Waals surface area contributed by atoms with Crippen LogP contribution in [0, 0.1) is 0 Å². The van der Waals surface area contributed by atoms with E-state index < -0.39 is 30.9 Å². The number of rotatable bonds is 0. The van der Waals surface area contributed by atoms with E-state index >= 15 is 0 Å². The maximum absolute atomic E-state index is 10.7. The second-order valence-corrected chi connectivity index (χ2v) is 2.32. The standard InChI is InChI=1S/C7H8O6/c8-4-1-2-5(9)7(11)13-3-12-6(4)10/h1-2,4-5,8-9H,3H2/b2-1+. The molecule has 0 saturated heterocycles. The smallest absolute Gasteiger partial charge is 0.341 e. The number of hydrogen-bond acceptors (Lipinski definition) is 6. The molecule has 6 heteroatoms. The largest absolute Gasteiger partial charge is 0.426 e. The summed E-state index contributed by atoms with van der Waals surface area (Å²) in [5.41, 5.74) is 0. The second-order valence-electron chi connectivity index (χ2n) is 2.32. The fourth-order valence-electron chi connectivity index (χ4n) is 0.684. The van der Waals surface area contributed by atoms with Crippen molar-refractivity contribution in [2.75, 3.05) is 6.79 Å². The van der Waals surface area contributed by atoms with Crippen LogP contribution in [0.15, 0.2) is 12.2 Å². The van der Waals surface area contributed by atoms with Crippen LogP contribution in [0.3, 0.4) is 0 Å². The van der Waals surface area contributed by atoms with Crippen LogP contribution in [0.4, 0.5) is 0 Å². The van der Waals surface area contributed by atoms with Crippen molar-refractivity contribution >= 4 is 11.9 Å². The first-order valence-corrected chi connectivity index (χ1v) is 3.49. The van der Waals surface area contributed by atoms with Crippen molar-refractivity contribution in [3.8, 4) is 0 Å². The van der Waals surface area contributed by atoms with Crippen molar-refractivity contribution in [3.63, 3.8) is 0 Å². The lowest BCUT2D eigenvalue weighted by Gasteiger charge is -2.05. The predicted octanol–water partition coefficient (Wildman–Crippen LogP) is -1.68. The number of aliphatic hydroxyl groups excluding tert-OH is 2. The molecule has 1 heterocycles. The van der Waals surface area contributed by atoms with Crippen molar-refractivity contribution < 1.29 is 29.3 Å². The molecule has 72 valence electrons. The van der Waals surface area contributed by atoms with Gasteiger partial charge < -0.3 is 19.7 Å². The molecule has 0 aromatic carbocycles. The van der Waals surface area contributed by atoms with Gasteiger partial charge in [0.2, 0.25) is 6.79 Å². The summed E-state index contributed by atoms with van der Waals surface area (Å²) >= 11 is 0. The minimum Gasteiger partial charge on any atom is -0.426 e. The van der Waals surface area contributed by atoms with E-state index in [0.717, 1.165) is 12.2 Å². The van der Waals surface area contributed by atoms with Crippen LogP contribution in [0.5, 0.6) is 0 Å². The third-order valence-electron chi connectivity index (χ3n) is 1.36. The van der Waals surface area contributed by atoms with Crippen LogP contribution >= 0.6 is 0 Å². The van der Waals surface area contributed by atoms with Gasteiger partial charge in [0, 0.05) is 0 Å². The van der Waals surface area contributed by atoms with Crippen molar-refractivity contribution in [3.05, 3.63) is 12.2 Å². The van der Waals surface area contributed by atoms with Gasteiger partial charge >= 0.3 is 11.9 Å². The van der Waals surface area contributed by atoms with Crippen LogP contribution in [0.2, 0.25) is 0 Å². The third kappa shape index (κ3) is 2.53. The minimum atomic E-state index is -1.48. The Morgan fingerprint density at radius 2 is 1.46 bits per heavy atom. The van der Waals surface area contributed by atoms with Gasteiger partial charge in [-0.1, -0.05) is 0 Å². The lowest BCUT2D eigenvalue weighted by atomic mass is 10.2. The SMILES string of the molecule is O=C1OCOC(=O)C(O)/C=C/C1O. The van der Waals surface area contributed by atoms with Gasteiger partial charge in [-0.2, -0.15) is 0 Å². The Morgan fingerprint density at radius 3 is 1.85 bits per heavy atom. The maximum atomic E-state index is 10.7. The zero-order valence-corrected chi connectivity index (χ0v) is 6.54. The summed E-state index contributed by atoms with van der Waals surface area (Å²) in [4.78, 5) is 21.5. The molecule has 2 unspecified atom stereocenters. The Labute approximate surface area is 73.4 Å². The summed E-state index contributed by atoms with van der Waals surface area (Å²) in [6, 6.07) is 0. The van der Waals surface area contributed by atoms with Crippen LogP contribution in [-0.2, 0) is 19.1 Å². The fourth-order valence-corrected chi connectivity index (χ4v) is 0.684. The van der Waals surface area contributed by atoms with Crippen molar-refractivity contribution in [2.24, 2.45) is 0 Å². The summed E-state index contributed by atoms with van der Waals surface area (Å²) in [7, 11) is 0. The molecule has 13 heavy (non-hydrogen) atoms. The highest BCUT2D eigenvalue weighted by Gasteiger charge is 2.20. The molecule has 0 aromatic rings. The number of hydrogen-bond donors (Lipinski definition) is 2. The average Bonchev–Trinajstić information content (AvgIpc) is 2.15. The molecule has 2 N–H and O–H groups in total. The molecule has 0 amide bonds. The average molecular weight is 188 g/mol. The van der Waals surface area contributed by atoms with Crippen molar-refractivity contribution in [1.29, 1.82) is 0 Å². The van der Waals surface area contributed by atoms with E-state index in [2.05, 4.69) is 9.47 Å². The molecule has 0 bridgehead atoms. The maximum Gasteiger partial charge on any atom is 0.341 e. The molecule has 6 nitrogen and oxygen atoms in total. The van der Waals surface area contributed by atoms with Gasteiger partial charge in [-0.3, -0.25) is 0 Å². The van der Waals surface area contributed by atoms with E-state index in [9.17, 15) is 9.59 Å². The molecule has 0 fully saturated rings. The predicted molar refractivity (Wildman–Crippen MR) is 38.2 cm³/mol. The van der Waals surface area contributed by atoms with E-state index in [1.54, 1.807) is 0 Å². The highest BCUT2D eigenvalue weighted by atomic mass is 16.7. The van der Waals surface area contributed by atoms with Gasteiger partial charge in [-0.15, -0.1) is 0 Å². The molecular weight excluding hydrogens is 180 g/mol. The number of esters is 2. The monoisotopic (exact) mass is 188 g/mol.